The van der Waals surface area contributed by atoms with Crippen molar-refractivity contribution in [1.29, 1.82) is 0 Å². The van der Waals surface area contributed by atoms with E-state index in [-0.39, 0.29) is 16.8 Å². The maximum absolute atomic E-state index is 12.9. The van der Waals surface area contributed by atoms with Crippen LogP contribution >= 0.6 is 23.4 Å². The first-order valence-electron chi connectivity index (χ1n) is 15.1. The molecule has 1 amide bonds. The van der Waals surface area contributed by atoms with Crippen LogP contribution in [-0.2, 0) is 15.1 Å². The molecule has 3 unspecified atom stereocenters. The van der Waals surface area contributed by atoms with Gasteiger partial charge in [-0.05, 0) is 93.5 Å². The average Bonchev–Trinajstić information content (AvgIpc) is 3.67. The number of aliphatic hydroxyl groups is 1. The van der Waals surface area contributed by atoms with Crippen LogP contribution in [0.1, 0.15) is 68.6 Å². The van der Waals surface area contributed by atoms with E-state index in [2.05, 4.69) is 30.9 Å². The summed E-state index contributed by atoms with van der Waals surface area (Å²) in [4.78, 5) is 20.0. The van der Waals surface area contributed by atoms with Gasteiger partial charge in [0.2, 0.25) is 0 Å². The number of carbonyl (C=O) groups excluding carboxylic acids is 1. The molecule has 6 rings (SSSR count). The van der Waals surface area contributed by atoms with E-state index in [4.69, 9.17) is 31.8 Å². The first-order chi connectivity index (χ1) is 20.5. The van der Waals surface area contributed by atoms with Crippen molar-refractivity contribution in [3.05, 3.63) is 82.4 Å². The van der Waals surface area contributed by atoms with E-state index in [1.807, 2.05) is 55.5 Å². The van der Waals surface area contributed by atoms with Gasteiger partial charge >= 0.3 is 0 Å². The quantitative estimate of drug-likeness (QED) is 0.302. The highest BCUT2D eigenvalue weighted by Crippen LogP contribution is 2.52. The zero-order valence-corrected chi connectivity index (χ0v) is 26.6. The lowest BCUT2D eigenvalue weighted by Gasteiger charge is -2.39. The largest absolute Gasteiger partial charge is 0.476 e. The number of amides is 1. The van der Waals surface area contributed by atoms with Crippen molar-refractivity contribution in [2.75, 3.05) is 24.6 Å². The van der Waals surface area contributed by atoms with Gasteiger partial charge in [-0.15, -0.1) is 0 Å². The van der Waals surface area contributed by atoms with Gasteiger partial charge in [-0.1, -0.05) is 53.7 Å². The van der Waals surface area contributed by atoms with Crippen LogP contribution in [0.4, 0.5) is 5.82 Å². The Bertz CT molecular complexity index is 1480. The molecule has 3 heterocycles. The fraction of sp³-hybridized carbons (Fsp3) is 0.471. The predicted molar refractivity (Wildman–Crippen MR) is 171 cm³/mol. The lowest BCUT2D eigenvalue weighted by molar-refractivity contribution is -0.126. The van der Waals surface area contributed by atoms with E-state index >= 15 is 0 Å². The summed E-state index contributed by atoms with van der Waals surface area (Å²) in [5.41, 5.74) is 6.94. The summed E-state index contributed by atoms with van der Waals surface area (Å²) in [5, 5.41) is 12.6. The molecule has 1 saturated carbocycles. The summed E-state index contributed by atoms with van der Waals surface area (Å²) in [7, 11) is 0. The molecule has 0 radical (unpaired) electrons. The number of pyridine rings is 1. The number of ether oxygens (including phenoxy) is 2. The zero-order chi connectivity index (χ0) is 30.4. The average molecular weight is 622 g/mol. The van der Waals surface area contributed by atoms with Crippen LogP contribution in [0, 0.1) is 6.92 Å². The van der Waals surface area contributed by atoms with Crippen molar-refractivity contribution in [1.82, 2.24) is 4.98 Å². The number of rotatable bonds is 8. The summed E-state index contributed by atoms with van der Waals surface area (Å²) < 4.78 is 12.7. The smallest absolute Gasteiger partial charge is 0.262 e. The van der Waals surface area contributed by atoms with Crippen LogP contribution in [0.2, 0.25) is 5.02 Å². The Morgan fingerprint density at radius 1 is 1.12 bits per heavy atom. The van der Waals surface area contributed by atoms with Gasteiger partial charge in [0.05, 0.1) is 28.1 Å². The molecule has 3 atom stereocenters. The van der Waals surface area contributed by atoms with Gasteiger partial charge in [0, 0.05) is 30.5 Å². The van der Waals surface area contributed by atoms with Crippen molar-refractivity contribution in [2.24, 2.45) is 5.73 Å². The molecule has 1 aliphatic carbocycles. The summed E-state index contributed by atoms with van der Waals surface area (Å²) in [6, 6.07) is 19.6. The molecule has 7 nitrogen and oxygen atoms in total. The van der Waals surface area contributed by atoms with E-state index in [9.17, 15) is 9.90 Å². The molecule has 0 bridgehead atoms. The monoisotopic (exact) mass is 621 g/mol. The van der Waals surface area contributed by atoms with Crippen molar-refractivity contribution >= 4 is 35.1 Å². The van der Waals surface area contributed by atoms with Crippen molar-refractivity contribution in [3.8, 4) is 5.75 Å². The summed E-state index contributed by atoms with van der Waals surface area (Å²) in [5.74, 6) is 1.33. The normalized spacial score (nSPS) is 26.1. The fourth-order valence-corrected chi connectivity index (χ4v) is 7.63. The topological polar surface area (TPSA) is 97.9 Å². The van der Waals surface area contributed by atoms with Gasteiger partial charge in [-0.3, -0.25) is 4.79 Å². The number of benzene rings is 2. The number of hydrogen-bond donors (Lipinski definition) is 2. The highest BCUT2D eigenvalue weighted by molar-refractivity contribution is 8.00. The van der Waals surface area contributed by atoms with Gasteiger partial charge < -0.3 is 25.2 Å². The molecule has 2 aliphatic heterocycles. The van der Waals surface area contributed by atoms with Crippen LogP contribution in [0.5, 0.6) is 5.75 Å². The lowest BCUT2D eigenvalue weighted by Crippen LogP contribution is -2.43. The first-order valence-corrected chi connectivity index (χ1v) is 16.3. The molecule has 228 valence electrons. The summed E-state index contributed by atoms with van der Waals surface area (Å²) in [6.07, 6.45) is 3.68. The SMILES string of the molecule is Cc1ccc(C2CCC(C)(C)OC2)c(OC2(C(N)=O)CC2Sc2cccc(N3CCC(O)(c4ccc(Cl)cc4)CC3)n2)c1. The van der Waals surface area contributed by atoms with E-state index in [1.165, 1.54) is 11.8 Å². The molecule has 9 heteroatoms. The minimum absolute atomic E-state index is 0.122. The van der Waals surface area contributed by atoms with Gasteiger partial charge in [0.1, 0.15) is 11.6 Å². The minimum Gasteiger partial charge on any atom is -0.476 e. The number of primary amides is 1. The molecule has 2 saturated heterocycles. The van der Waals surface area contributed by atoms with Gasteiger partial charge in [0.25, 0.3) is 5.91 Å². The van der Waals surface area contributed by atoms with Crippen LogP contribution in [-0.4, -0.2) is 52.1 Å². The standard InChI is InChI=1S/C34H40ClN3O4S/c1-22-7-12-26(23-13-14-32(2,3)41-21-23)27(19-22)42-34(31(36)39)20-28(34)43-30-6-4-5-29(37-30)38-17-15-33(40,16-18-38)24-8-10-25(35)11-9-24/h4-12,19,23,28,40H,13-18,20-21H2,1-3H3,(H2,36,39). The van der Waals surface area contributed by atoms with E-state index in [0.29, 0.717) is 44.0 Å². The van der Waals surface area contributed by atoms with Crippen molar-refractivity contribution < 1.29 is 19.4 Å². The number of hydrogen-bond acceptors (Lipinski definition) is 7. The second kappa shape index (κ2) is 11.6. The Kier molecular flexibility index (Phi) is 8.18. The number of anilines is 1. The van der Waals surface area contributed by atoms with Crippen LogP contribution < -0.4 is 15.4 Å². The number of nitrogens with two attached hydrogens (primary N) is 1. The molecule has 43 heavy (non-hydrogen) atoms. The van der Waals surface area contributed by atoms with E-state index < -0.39 is 17.1 Å². The second-order valence-electron chi connectivity index (χ2n) is 12.9. The molecule has 3 fully saturated rings. The number of halogens is 1. The predicted octanol–water partition coefficient (Wildman–Crippen LogP) is 6.37. The lowest BCUT2D eigenvalue weighted by atomic mass is 9.84. The third-order valence-corrected chi connectivity index (χ3v) is 10.8. The van der Waals surface area contributed by atoms with E-state index in [1.54, 1.807) is 0 Å². The Hall–Kier alpha value is -2.78. The third kappa shape index (κ3) is 6.39. The van der Waals surface area contributed by atoms with Gasteiger partial charge in [-0.2, -0.15) is 0 Å². The highest BCUT2D eigenvalue weighted by Gasteiger charge is 2.63. The summed E-state index contributed by atoms with van der Waals surface area (Å²) in [6.45, 7) is 8.25. The number of aromatic nitrogens is 1. The number of thioether (sulfide) groups is 1. The van der Waals surface area contributed by atoms with Gasteiger partial charge in [0.15, 0.2) is 5.60 Å². The van der Waals surface area contributed by atoms with Crippen LogP contribution in [0.3, 0.4) is 0 Å². The number of carbonyl (C=O) groups is 1. The third-order valence-electron chi connectivity index (χ3n) is 9.20. The molecular formula is C34H40ClN3O4S. The Labute approximate surface area is 263 Å². The molecule has 1 aromatic heterocycles. The maximum Gasteiger partial charge on any atom is 0.262 e. The van der Waals surface area contributed by atoms with E-state index in [0.717, 1.165) is 46.1 Å². The first kappa shape index (κ1) is 30.3. The Morgan fingerprint density at radius 2 is 1.86 bits per heavy atom. The fourth-order valence-electron chi connectivity index (χ4n) is 6.23. The minimum atomic E-state index is -1.08. The number of nitrogens with zero attached hydrogens (tertiary/aromatic N) is 2. The molecule has 2 aromatic carbocycles. The van der Waals surface area contributed by atoms with Crippen LogP contribution in [0.15, 0.2) is 65.7 Å². The Morgan fingerprint density at radius 3 is 2.53 bits per heavy atom. The van der Waals surface area contributed by atoms with Gasteiger partial charge in [-0.25, -0.2) is 4.98 Å². The zero-order valence-electron chi connectivity index (χ0n) is 25.0. The number of aryl methyl sites for hydroxylation is 1. The Balaban J connectivity index is 1.13. The highest BCUT2D eigenvalue weighted by atomic mass is 35.5. The van der Waals surface area contributed by atoms with Crippen LogP contribution in [0.25, 0.3) is 0 Å². The molecule has 3 N–H and O–H groups in total. The molecular weight excluding hydrogens is 582 g/mol. The maximum atomic E-state index is 12.9. The van der Waals surface area contributed by atoms with Crippen molar-refractivity contribution in [3.63, 3.8) is 0 Å². The molecule has 0 spiro atoms. The summed E-state index contributed by atoms with van der Waals surface area (Å²) >= 11 is 7.58. The second-order valence-corrected chi connectivity index (χ2v) is 14.5. The molecule has 3 aromatic rings. The molecule has 3 aliphatic rings. The van der Waals surface area contributed by atoms with Crippen molar-refractivity contribution in [2.45, 2.75) is 85.9 Å². The number of piperidine rings is 1.